The third-order valence-electron chi connectivity index (χ3n) is 2.73. The van der Waals surface area contributed by atoms with Gasteiger partial charge in [-0.2, -0.15) is 10.5 Å². The number of nitriles is 2. The summed E-state index contributed by atoms with van der Waals surface area (Å²) in [5.41, 5.74) is -0.687. The van der Waals surface area contributed by atoms with Gasteiger partial charge in [0.2, 0.25) is 10.0 Å². The molecule has 2 N–H and O–H groups in total. The highest BCUT2D eigenvalue weighted by molar-refractivity contribution is 8.13. The van der Waals surface area contributed by atoms with Gasteiger partial charge < -0.3 is 0 Å². The maximum Gasteiger partial charge on any atom is 0.261 e. The van der Waals surface area contributed by atoms with E-state index in [0.717, 1.165) is 36.4 Å². The van der Waals surface area contributed by atoms with Crippen LogP contribution in [0.1, 0.15) is 11.1 Å². The first-order valence-corrected chi connectivity index (χ1v) is 10.1. The van der Waals surface area contributed by atoms with Crippen LogP contribution in [0.5, 0.6) is 0 Å². The molecule has 0 aliphatic carbocycles. The van der Waals surface area contributed by atoms with E-state index in [-0.39, 0.29) is 20.9 Å². The lowest BCUT2D eigenvalue weighted by atomic mass is 10.2. The Morgan fingerprint density at radius 3 is 1.58 bits per heavy atom. The second kappa shape index (κ2) is 8.21. The van der Waals surface area contributed by atoms with Gasteiger partial charge in [0.1, 0.15) is 23.8 Å². The molecule has 0 unspecified atom stereocenters. The molecule has 0 heterocycles. The third-order valence-corrected chi connectivity index (χ3v) is 4.99. The number of primary sulfonamides is 1. The molecule has 0 amide bonds. The van der Waals surface area contributed by atoms with Crippen LogP contribution >= 0.6 is 10.7 Å². The Morgan fingerprint density at radius 1 is 0.846 bits per heavy atom. The molecule has 0 spiro atoms. The van der Waals surface area contributed by atoms with Gasteiger partial charge in [-0.3, -0.25) is 0 Å². The normalized spacial score (nSPS) is 10.8. The van der Waals surface area contributed by atoms with Gasteiger partial charge in [-0.15, -0.1) is 0 Å². The van der Waals surface area contributed by atoms with Crippen LogP contribution in [0.4, 0.5) is 8.78 Å². The molecule has 0 bridgehead atoms. The highest BCUT2D eigenvalue weighted by atomic mass is 35.7. The molecule has 0 saturated heterocycles. The van der Waals surface area contributed by atoms with Crippen LogP contribution in [0.15, 0.2) is 46.2 Å². The van der Waals surface area contributed by atoms with E-state index in [1.54, 1.807) is 0 Å². The fourth-order valence-corrected chi connectivity index (χ4v) is 2.83. The van der Waals surface area contributed by atoms with Gasteiger partial charge in [0.25, 0.3) is 9.05 Å². The van der Waals surface area contributed by atoms with Crippen molar-refractivity contribution in [2.24, 2.45) is 5.14 Å². The summed E-state index contributed by atoms with van der Waals surface area (Å²) >= 11 is 0. The second-order valence-corrected chi connectivity index (χ2v) is 8.62. The zero-order valence-electron chi connectivity index (χ0n) is 12.5. The van der Waals surface area contributed by atoms with Crippen molar-refractivity contribution in [2.75, 3.05) is 0 Å². The van der Waals surface area contributed by atoms with Crippen LogP contribution in [-0.4, -0.2) is 16.8 Å². The molecule has 12 heteroatoms. The molecule has 2 rings (SSSR count). The minimum atomic E-state index is -3.90. The average Bonchev–Trinajstić information content (AvgIpc) is 2.54. The van der Waals surface area contributed by atoms with Crippen LogP contribution in [0, 0.1) is 34.3 Å². The van der Waals surface area contributed by atoms with Crippen molar-refractivity contribution in [3.05, 3.63) is 59.2 Å². The van der Waals surface area contributed by atoms with Crippen molar-refractivity contribution in [2.45, 2.75) is 9.79 Å². The highest BCUT2D eigenvalue weighted by Crippen LogP contribution is 2.17. The first-order chi connectivity index (χ1) is 11.9. The molecule has 0 saturated carbocycles. The summed E-state index contributed by atoms with van der Waals surface area (Å²) < 4.78 is 68.4. The smallest absolute Gasteiger partial charge is 0.225 e. The van der Waals surface area contributed by atoms with Crippen LogP contribution < -0.4 is 5.14 Å². The summed E-state index contributed by atoms with van der Waals surface area (Å²) in [5.74, 6) is -1.54. The van der Waals surface area contributed by atoms with Crippen LogP contribution in [0.3, 0.4) is 0 Å². The lowest BCUT2D eigenvalue weighted by Crippen LogP contribution is -2.12. The number of hydrogen-bond acceptors (Lipinski definition) is 6. The van der Waals surface area contributed by atoms with E-state index >= 15 is 0 Å². The zero-order chi connectivity index (χ0) is 20.1. The molecule has 0 aliphatic heterocycles. The predicted octanol–water partition coefficient (Wildman–Crippen LogP) is 1.97. The zero-order valence-corrected chi connectivity index (χ0v) is 14.9. The predicted molar refractivity (Wildman–Crippen MR) is 86.6 cm³/mol. The molecule has 7 nitrogen and oxygen atoms in total. The fourth-order valence-electron chi connectivity index (χ4n) is 1.51. The molecule has 0 radical (unpaired) electrons. The Morgan fingerprint density at radius 2 is 1.23 bits per heavy atom. The molecular weight excluding hydrogens is 412 g/mol. The summed E-state index contributed by atoms with van der Waals surface area (Å²) in [4.78, 5) is -0.558. The summed E-state index contributed by atoms with van der Waals surface area (Å²) in [6, 6.07) is 8.58. The Balaban J connectivity index is 0.000000260. The summed E-state index contributed by atoms with van der Waals surface area (Å²) in [6.45, 7) is 0. The molecule has 0 aromatic heterocycles. The minimum Gasteiger partial charge on any atom is -0.225 e. The summed E-state index contributed by atoms with van der Waals surface area (Å²) in [5, 5.41) is 21.5. The number of halogens is 3. The van der Waals surface area contributed by atoms with Gasteiger partial charge in [-0.1, -0.05) is 0 Å². The van der Waals surface area contributed by atoms with E-state index in [1.807, 2.05) is 0 Å². The Bertz CT molecular complexity index is 1050. The molecular formula is C14H8ClF2N3O4S2. The van der Waals surface area contributed by atoms with E-state index in [9.17, 15) is 25.6 Å². The average molecular weight is 420 g/mol. The van der Waals surface area contributed by atoms with Crippen molar-refractivity contribution < 1.29 is 25.6 Å². The maximum atomic E-state index is 12.7. The lowest BCUT2D eigenvalue weighted by molar-refractivity contribution is 0.595. The van der Waals surface area contributed by atoms with Crippen molar-refractivity contribution in [1.29, 1.82) is 10.5 Å². The largest absolute Gasteiger partial charge is 0.261 e. The van der Waals surface area contributed by atoms with E-state index in [4.69, 9.17) is 26.3 Å². The maximum absolute atomic E-state index is 12.7. The van der Waals surface area contributed by atoms with Crippen molar-refractivity contribution in [1.82, 2.24) is 0 Å². The molecule has 0 atom stereocenters. The Labute approximate surface area is 152 Å². The topological polar surface area (TPSA) is 142 Å². The van der Waals surface area contributed by atoms with Gasteiger partial charge >= 0.3 is 0 Å². The van der Waals surface area contributed by atoms with Crippen LogP contribution in [-0.2, 0) is 19.1 Å². The summed E-state index contributed by atoms with van der Waals surface area (Å²) in [6.07, 6.45) is 0. The van der Waals surface area contributed by atoms with Gasteiger partial charge in [0, 0.05) is 10.7 Å². The van der Waals surface area contributed by atoms with Crippen LogP contribution in [0.2, 0.25) is 0 Å². The number of nitrogens with zero attached hydrogens (tertiary/aromatic N) is 2. The van der Waals surface area contributed by atoms with E-state index in [0.29, 0.717) is 0 Å². The number of rotatable bonds is 2. The molecule has 26 heavy (non-hydrogen) atoms. The number of benzene rings is 2. The Kier molecular flexibility index (Phi) is 6.78. The number of nitrogens with two attached hydrogens (primary N) is 1. The molecule has 2 aromatic rings. The third kappa shape index (κ3) is 5.75. The SMILES string of the molecule is N#Cc1cc(S(=O)(=O)Cl)ccc1F.N#Cc1cc(S(N)(=O)=O)ccc1F. The van der Waals surface area contributed by atoms with E-state index in [2.05, 4.69) is 0 Å². The summed E-state index contributed by atoms with van der Waals surface area (Å²) in [7, 11) is -2.79. The van der Waals surface area contributed by atoms with Gasteiger partial charge in [0.15, 0.2) is 0 Å². The first-order valence-electron chi connectivity index (χ1n) is 6.27. The monoisotopic (exact) mass is 419 g/mol. The van der Waals surface area contributed by atoms with E-state index < -0.39 is 30.7 Å². The van der Waals surface area contributed by atoms with Gasteiger partial charge in [0.05, 0.1) is 20.9 Å². The molecule has 2 aromatic carbocycles. The molecule has 136 valence electrons. The van der Waals surface area contributed by atoms with E-state index in [1.165, 1.54) is 12.1 Å². The highest BCUT2D eigenvalue weighted by Gasteiger charge is 2.12. The van der Waals surface area contributed by atoms with Crippen molar-refractivity contribution in [3.63, 3.8) is 0 Å². The van der Waals surface area contributed by atoms with Crippen molar-refractivity contribution in [3.8, 4) is 12.1 Å². The fraction of sp³-hybridized carbons (Fsp3) is 0. The van der Waals surface area contributed by atoms with Gasteiger partial charge in [-0.05, 0) is 36.4 Å². The molecule has 0 aliphatic rings. The Hall–Kier alpha value is -2.57. The first kappa shape index (κ1) is 21.5. The quantitative estimate of drug-likeness (QED) is 0.737. The van der Waals surface area contributed by atoms with Crippen molar-refractivity contribution >= 4 is 29.8 Å². The minimum absolute atomic E-state index is 0.273. The molecule has 0 fully saturated rings. The second-order valence-electron chi connectivity index (χ2n) is 4.49. The number of sulfonamides is 1. The number of hydrogen-bond donors (Lipinski definition) is 1. The van der Waals surface area contributed by atoms with Crippen LogP contribution in [0.25, 0.3) is 0 Å². The standard InChI is InChI=1S/C7H3ClFNO2S.C7H5FN2O2S/c8-13(11,12)6-1-2-7(9)5(3-6)4-10;8-7-2-1-6(13(10,11)12)3-5(7)4-9/h1-3H;1-3H,(H2,10,11,12). The van der Waals surface area contributed by atoms with Gasteiger partial charge in [-0.25, -0.2) is 30.8 Å². The lowest BCUT2D eigenvalue weighted by Gasteiger charge is -1.98.